The lowest BCUT2D eigenvalue weighted by molar-refractivity contribution is -0.148. The van der Waals surface area contributed by atoms with E-state index in [1.54, 1.807) is 0 Å². The zero-order valence-corrected chi connectivity index (χ0v) is 11.5. The number of carbonyl (C=O) groups excluding carboxylic acids is 1. The van der Waals surface area contributed by atoms with E-state index in [-0.39, 0.29) is 36.7 Å². The van der Waals surface area contributed by atoms with E-state index in [0.29, 0.717) is 0 Å². The molecule has 2 heterocycles. The third-order valence-corrected chi connectivity index (χ3v) is 4.17. The van der Waals surface area contributed by atoms with Crippen LogP contribution in [0.25, 0.3) is 0 Å². The Kier molecular flexibility index (Phi) is 4.62. The highest BCUT2D eigenvalue weighted by molar-refractivity contribution is 5.79. The predicted molar refractivity (Wildman–Crippen MR) is 69.2 cm³/mol. The van der Waals surface area contributed by atoms with Crippen LogP contribution in [0.3, 0.4) is 0 Å². The molecule has 0 radical (unpaired) electrons. The number of likely N-dealkylation sites (tertiary alicyclic amines) is 1. The van der Waals surface area contributed by atoms with Crippen LogP contribution in [-0.4, -0.2) is 47.3 Å². The summed E-state index contributed by atoms with van der Waals surface area (Å²) in [7, 11) is 0. The first kappa shape index (κ1) is 13.8. The number of carbonyl (C=O) groups is 1. The summed E-state index contributed by atoms with van der Waals surface area (Å²) in [5, 5.41) is 9.39. The van der Waals surface area contributed by atoms with E-state index >= 15 is 0 Å². The third kappa shape index (κ3) is 3.04. The normalized spacial score (nSPS) is 37.6. The summed E-state index contributed by atoms with van der Waals surface area (Å²) in [5.74, 6) is 0.312. The molecule has 0 saturated carbocycles. The molecule has 2 aliphatic rings. The molecule has 3 unspecified atom stereocenters. The van der Waals surface area contributed by atoms with Gasteiger partial charge in [-0.15, -0.1) is 0 Å². The van der Waals surface area contributed by atoms with Gasteiger partial charge in [0.2, 0.25) is 5.91 Å². The Morgan fingerprint density at radius 2 is 1.94 bits per heavy atom. The lowest BCUT2D eigenvalue weighted by Gasteiger charge is -2.39. The molecule has 2 fully saturated rings. The lowest BCUT2D eigenvalue weighted by atomic mass is 9.89. The number of aliphatic hydroxyl groups excluding tert-OH is 1. The smallest absolute Gasteiger partial charge is 0.226 e. The fourth-order valence-corrected chi connectivity index (χ4v) is 3.32. The molecule has 2 rings (SSSR count). The Labute approximate surface area is 109 Å². The Morgan fingerprint density at radius 3 is 2.56 bits per heavy atom. The van der Waals surface area contributed by atoms with Crippen LogP contribution in [-0.2, 0) is 9.53 Å². The summed E-state index contributed by atoms with van der Waals surface area (Å²) < 4.78 is 5.69. The number of nitrogens with zero attached hydrogens (tertiary/aromatic N) is 1. The predicted octanol–water partition coefficient (Wildman–Crippen LogP) is 1.56. The summed E-state index contributed by atoms with van der Waals surface area (Å²) in [4.78, 5) is 14.5. The van der Waals surface area contributed by atoms with Gasteiger partial charge < -0.3 is 14.7 Å². The quantitative estimate of drug-likeness (QED) is 0.814. The minimum atomic E-state index is 0.0414. The molecule has 4 heteroatoms. The van der Waals surface area contributed by atoms with Crippen molar-refractivity contribution in [3.63, 3.8) is 0 Å². The van der Waals surface area contributed by atoms with E-state index in [9.17, 15) is 9.90 Å². The van der Waals surface area contributed by atoms with Crippen molar-refractivity contribution in [2.75, 3.05) is 13.2 Å². The molecule has 0 spiro atoms. The first-order valence-corrected chi connectivity index (χ1v) is 7.18. The second-order valence-corrected chi connectivity index (χ2v) is 5.79. The van der Waals surface area contributed by atoms with Gasteiger partial charge in [0, 0.05) is 12.5 Å². The molecule has 2 aliphatic heterocycles. The topological polar surface area (TPSA) is 49.8 Å². The molecule has 2 saturated heterocycles. The van der Waals surface area contributed by atoms with Gasteiger partial charge in [-0.1, -0.05) is 0 Å². The number of amides is 1. The molecule has 4 nitrogen and oxygen atoms in total. The summed E-state index contributed by atoms with van der Waals surface area (Å²) in [6.07, 6.45) is 5.10. The summed E-state index contributed by atoms with van der Waals surface area (Å²) in [6, 6.07) is 0.0414. The van der Waals surface area contributed by atoms with Crippen molar-refractivity contribution in [3.8, 4) is 0 Å². The second-order valence-electron chi connectivity index (χ2n) is 5.79. The molecule has 0 bridgehead atoms. The maximum atomic E-state index is 12.6. The molecule has 1 amide bonds. The molecular formula is C14H25NO3. The Bertz CT molecular complexity index is 285. The third-order valence-electron chi connectivity index (χ3n) is 4.17. The van der Waals surface area contributed by atoms with E-state index in [1.165, 1.54) is 0 Å². The minimum Gasteiger partial charge on any atom is -0.394 e. The van der Waals surface area contributed by atoms with Gasteiger partial charge in [-0.2, -0.15) is 0 Å². The van der Waals surface area contributed by atoms with E-state index in [1.807, 2.05) is 18.7 Å². The fraction of sp³-hybridized carbons (Fsp3) is 0.929. The molecule has 18 heavy (non-hydrogen) atoms. The minimum absolute atomic E-state index is 0.0414. The number of ether oxygens (including phenoxy) is 1. The van der Waals surface area contributed by atoms with Crippen molar-refractivity contribution in [3.05, 3.63) is 0 Å². The van der Waals surface area contributed by atoms with Crippen LogP contribution in [0.4, 0.5) is 0 Å². The highest BCUT2D eigenvalue weighted by Gasteiger charge is 2.35. The number of piperidine rings is 1. The van der Waals surface area contributed by atoms with Crippen molar-refractivity contribution in [1.82, 2.24) is 4.90 Å². The summed E-state index contributed by atoms with van der Waals surface area (Å²) in [6.45, 7) is 4.98. The SMILES string of the molecule is CC1CC(C(=O)N2CCCCC2CO)CC(C)O1. The van der Waals surface area contributed by atoms with Crippen molar-refractivity contribution >= 4 is 5.91 Å². The van der Waals surface area contributed by atoms with Crippen LogP contribution in [0.15, 0.2) is 0 Å². The second kappa shape index (κ2) is 6.02. The first-order valence-electron chi connectivity index (χ1n) is 7.18. The number of hydrogen-bond acceptors (Lipinski definition) is 3. The molecule has 0 aromatic rings. The Morgan fingerprint density at radius 1 is 1.28 bits per heavy atom. The first-order chi connectivity index (χ1) is 8.61. The lowest BCUT2D eigenvalue weighted by Crippen LogP contribution is -2.50. The van der Waals surface area contributed by atoms with Crippen molar-refractivity contribution < 1.29 is 14.6 Å². The molecule has 0 aromatic carbocycles. The van der Waals surface area contributed by atoms with E-state index in [0.717, 1.165) is 38.6 Å². The number of hydrogen-bond donors (Lipinski definition) is 1. The van der Waals surface area contributed by atoms with E-state index in [2.05, 4.69) is 0 Å². The Hall–Kier alpha value is -0.610. The van der Waals surface area contributed by atoms with E-state index < -0.39 is 0 Å². The molecule has 0 aliphatic carbocycles. The highest BCUT2D eigenvalue weighted by Crippen LogP contribution is 2.28. The van der Waals surface area contributed by atoms with Crippen LogP contribution >= 0.6 is 0 Å². The zero-order chi connectivity index (χ0) is 13.1. The summed E-state index contributed by atoms with van der Waals surface area (Å²) in [5.41, 5.74) is 0. The highest BCUT2D eigenvalue weighted by atomic mass is 16.5. The van der Waals surface area contributed by atoms with Crippen molar-refractivity contribution in [1.29, 1.82) is 0 Å². The van der Waals surface area contributed by atoms with E-state index in [4.69, 9.17) is 4.74 Å². The van der Waals surface area contributed by atoms with Crippen LogP contribution in [0, 0.1) is 5.92 Å². The average molecular weight is 255 g/mol. The van der Waals surface area contributed by atoms with Crippen LogP contribution in [0.2, 0.25) is 0 Å². The monoisotopic (exact) mass is 255 g/mol. The standard InChI is InChI=1S/C14H25NO3/c1-10-7-12(8-11(2)18-10)14(17)15-6-4-3-5-13(15)9-16/h10-13,16H,3-9H2,1-2H3. The molecule has 1 N–H and O–H groups in total. The summed E-state index contributed by atoms with van der Waals surface area (Å²) >= 11 is 0. The van der Waals surface area contributed by atoms with Crippen LogP contribution in [0.1, 0.15) is 46.0 Å². The van der Waals surface area contributed by atoms with Gasteiger partial charge in [0.15, 0.2) is 0 Å². The molecule has 0 aromatic heterocycles. The molecular weight excluding hydrogens is 230 g/mol. The van der Waals surface area contributed by atoms with Gasteiger partial charge in [0.05, 0.1) is 24.9 Å². The fourth-order valence-electron chi connectivity index (χ4n) is 3.32. The largest absolute Gasteiger partial charge is 0.394 e. The van der Waals surface area contributed by atoms with Gasteiger partial charge in [0.25, 0.3) is 0 Å². The Balaban J connectivity index is 2.00. The van der Waals surface area contributed by atoms with Crippen LogP contribution < -0.4 is 0 Å². The zero-order valence-electron chi connectivity index (χ0n) is 11.5. The van der Waals surface area contributed by atoms with Crippen LogP contribution in [0.5, 0.6) is 0 Å². The number of aliphatic hydroxyl groups is 1. The van der Waals surface area contributed by atoms with Gasteiger partial charge in [-0.25, -0.2) is 0 Å². The number of rotatable bonds is 2. The van der Waals surface area contributed by atoms with Gasteiger partial charge in [-0.3, -0.25) is 4.79 Å². The molecule has 3 atom stereocenters. The van der Waals surface area contributed by atoms with Crippen molar-refractivity contribution in [2.45, 2.75) is 64.2 Å². The van der Waals surface area contributed by atoms with Crippen molar-refractivity contribution in [2.24, 2.45) is 5.92 Å². The maximum absolute atomic E-state index is 12.6. The van der Waals surface area contributed by atoms with Gasteiger partial charge in [0.1, 0.15) is 0 Å². The average Bonchev–Trinajstić information content (AvgIpc) is 2.36. The van der Waals surface area contributed by atoms with Gasteiger partial charge in [-0.05, 0) is 46.0 Å². The maximum Gasteiger partial charge on any atom is 0.226 e. The van der Waals surface area contributed by atoms with Gasteiger partial charge >= 0.3 is 0 Å². The molecule has 104 valence electrons.